The molecule has 0 aliphatic heterocycles. The van der Waals surface area contributed by atoms with Crippen LogP contribution < -0.4 is 4.74 Å². The van der Waals surface area contributed by atoms with Crippen LogP contribution in [0.5, 0.6) is 5.88 Å². The summed E-state index contributed by atoms with van der Waals surface area (Å²) >= 11 is 0. The molecule has 64 valence electrons. The van der Waals surface area contributed by atoms with Crippen LogP contribution in [0.3, 0.4) is 0 Å². The molecule has 4 nitrogen and oxygen atoms in total. The van der Waals surface area contributed by atoms with Gasteiger partial charge in [0.05, 0.1) is 12.7 Å². The maximum atomic E-state index is 8.77. The van der Waals surface area contributed by atoms with Crippen LogP contribution >= 0.6 is 0 Å². The molecule has 0 unspecified atom stereocenters. The van der Waals surface area contributed by atoms with Gasteiger partial charge in [-0.3, -0.25) is 4.40 Å². The third-order valence-corrected chi connectivity index (χ3v) is 1.84. The fourth-order valence-corrected chi connectivity index (χ4v) is 1.24. The highest BCUT2D eigenvalue weighted by Gasteiger charge is 2.05. The third-order valence-electron chi connectivity index (χ3n) is 1.84. The summed E-state index contributed by atoms with van der Waals surface area (Å²) in [5.41, 5.74) is 1.17. The molecule has 0 spiro atoms. The molecule has 2 rings (SSSR count). The van der Waals surface area contributed by atoms with Gasteiger partial charge in [0, 0.05) is 18.5 Å². The second-order valence-electron chi connectivity index (χ2n) is 2.52. The summed E-state index contributed by atoms with van der Waals surface area (Å²) in [6, 6.07) is 5.51. The van der Waals surface area contributed by atoms with Crippen molar-refractivity contribution in [3.05, 3.63) is 30.1 Å². The number of pyridine rings is 1. The van der Waals surface area contributed by atoms with Crippen molar-refractivity contribution in [1.29, 1.82) is 5.26 Å². The zero-order valence-corrected chi connectivity index (χ0v) is 7.06. The molecule has 0 aromatic carbocycles. The molecule has 0 bridgehead atoms. The van der Waals surface area contributed by atoms with E-state index >= 15 is 0 Å². The minimum Gasteiger partial charge on any atom is -0.482 e. The van der Waals surface area contributed by atoms with Crippen molar-refractivity contribution < 1.29 is 4.74 Å². The van der Waals surface area contributed by atoms with Crippen LogP contribution in [-0.4, -0.2) is 16.5 Å². The first kappa shape index (κ1) is 7.62. The molecule has 2 aromatic rings. The molecule has 0 amide bonds. The number of nitrogens with zero attached hydrogens (tertiary/aromatic N) is 3. The Kier molecular flexibility index (Phi) is 1.64. The summed E-state index contributed by atoms with van der Waals surface area (Å²) < 4.78 is 6.83. The number of hydrogen-bond donors (Lipinski definition) is 0. The van der Waals surface area contributed by atoms with Crippen molar-refractivity contribution >= 4 is 5.65 Å². The summed E-state index contributed by atoms with van der Waals surface area (Å²) in [7, 11) is 1.58. The number of ether oxygens (including phenoxy) is 1. The fourth-order valence-electron chi connectivity index (χ4n) is 1.24. The number of methoxy groups -OCH3 is 1. The van der Waals surface area contributed by atoms with Crippen LogP contribution in [0, 0.1) is 11.3 Å². The number of fused-ring (bicyclic) bond motifs is 1. The van der Waals surface area contributed by atoms with E-state index in [1.54, 1.807) is 36.0 Å². The Morgan fingerprint density at radius 2 is 2.38 bits per heavy atom. The number of aromatic nitrogens is 2. The summed E-state index contributed by atoms with van der Waals surface area (Å²) in [6.45, 7) is 0. The third kappa shape index (κ3) is 1.02. The fraction of sp³-hybridized carbons (Fsp3) is 0.111. The van der Waals surface area contributed by atoms with E-state index in [9.17, 15) is 0 Å². The van der Waals surface area contributed by atoms with Gasteiger partial charge in [-0.05, 0) is 6.07 Å². The van der Waals surface area contributed by atoms with Gasteiger partial charge < -0.3 is 4.74 Å². The molecule has 0 radical (unpaired) electrons. The normalized spacial score (nSPS) is 9.85. The highest BCUT2D eigenvalue weighted by atomic mass is 16.5. The van der Waals surface area contributed by atoms with E-state index in [1.807, 2.05) is 0 Å². The molecule has 13 heavy (non-hydrogen) atoms. The molecule has 0 aliphatic rings. The molecule has 0 N–H and O–H groups in total. The van der Waals surface area contributed by atoms with Crippen LogP contribution in [0.4, 0.5) is 0 Å². The van der Waals surface area contributed by atoms with Gasteiger partial charge in [0.15, 0.2) is 11.5 Å². The molecule has 0 aliphatic carbocycles. The van der Waals surface area contributed by atoms with E-state index in [4.69, 9.17) is 10.00 Å². The molecule has 0 atom stereocenters. The average Bonchev–Trinajstić information content (AvgIpc) is 2.64. The molecule has 2 aromatic heterocycles. The largest absolute Gasteiger partial charge is 0.482 e. The monoisotopic (exact) mass is 173 g/mol. The SMILES string of the molecule is COc1ccc(C#N)c2nccn12. The van der Waals surface area contributed by atoms with Crippen molar-refractivity contribution in [2.75, 3.05) is 7.11 Å². The zero-order chi connectivity index (χ0) is 9.26. The molecular weight excluding hydrogens is 166 g/mol. The van der Waals surface area contributed by atoms with Gasteiger partial charge in [-0.15, -0.1) is 0 Å². The standard InChI is InChI=1S/C9H7N3O/c1-13-8-3-2-7(6-10)9-11-4-5-12(8)9/h2-5H,1H3. The van der Waals surface area contributed by atoms with E-state index in [0.717, 1.165) is 0 Å². The van der Waals surface area contributed by atoms with Crippen molar-refractivity contribution in [2.45, 2.75) is 0 Å². The first-order valence-electron chi connectivity index (χ1n) is 3.77. The average molecular weight is 173 g/mol. The Labute approximate surface area is 75.0 Å². The molecule has 0 saturated heterocycles. The number of imidazole rings is 1. The van der Waals surface area contributed by atoms with Gasteiger partial charge in [-0.1, -0.05) is 0 Å². The Balaban J connectivity index is 2.83. The topological polar surface area (TPSA) is 50.3 Å². The number of rotatable bonds is 1. The quantitative estimate of drug-likeness (QED) is 0.651. The van der Waals surface area contributed by atoms with Crippen molar-refractivity contribution in [1.82, 2.24) is 9.38 Å². The highest BCUT2D eigenvalue weighted by Crippen LogP contribution is 2.16. The first-order chi connectivity index (χ1) is 6.36. The molecule has 0 fully saturated rings. The van der Waals surface area contributed by atoms with Gasteiger partial charge in [0.1, 0.15) is 6.07 Å². The molecular formula is C9H7N3O. The Morgan fingerprint density at radius 3 is 3.08 bits per heavy atom. The summed E-state index contributed by atoms with van der Waals surface area (Å²) in [5.74, 6) is 0.673. The van der Waals surface area contributed by atoms with Crippen LogP contribution in [-0.2, 0) is 0 Å². The van der Waals surface area contributed by atoms with Crippen molar-refractivity contribution in [2.24, 2.45) is 0 Å². The highest BCUT2D eigenvalue weighted by molar-refractivity contribution is 5.56. The van der Waals surface area contributed by atoms with E-state index in [-0.39, 0.29) is 0 Å². The van der Waals surface area contributed by atoms with E-state index in [2.05, 4.69) is 11.1 Å². The second kappa shape index (κ2) is 2.79. The predicted octanol–water partition coefficient (Wildman–Crippen LogP) is 1.21. The minimum atomic E-state index is 0.547. The van der Waals surface area contributed by atoms with E-state index < -0.39 is 0 Å². The maximum Gasteiger partial charge on any atom is 0.199 e. The summed E-state index contributed by atoms with van der Waals surface area (Å²) in [4.78, 5) is 4.06. The van der Waals surface area contributed by atoms with Crippen molar-refractivity contribution in [3.63, 3.8) is 0 Å². The Bertz CT molecular complexity index is 481. The number of hydrogen-bond acceptors (Lipinski definition) is 3. The minimum absolute atomic E-state index is 0.547. The van der Waals surface area contributed by atoms with Crippen LogP contribution in [0.25, 0.3) is 5.65 Å². The van der Waals surface area contributed by atoms with Gasteiger partial charge in [0.2, 0.25) is 0 Å². The maximum absolute atomic E-state index is 8.77. The lowest BCUT2D eigenvalue weighted by atomic mass is 10.3. The lowest BCUT2D eigenvalue weighted by molar-refractivity contribution is 0.392. The first-order valence-corrected chi connectivity index (χ1v) is 3.77. The van der Waals surface area contributed by atoms with Crippen molar-refractivity contribution in [3.8, 4) is 11.9 Å². The van der Waals surface area contributed by atoms with Crippen LogP contribution in [0.15, 0.2) is 24.5 Å². The summed E-state index contributed by atoms with van der Waals surface area (Å²) in [5, 5.41) is 8.77. The van der Waals surface area contributed by atoms with Crippen LogP contribution in [0.1, 0.15) is 5.56 Å². The molecule has 4 heteroatoms. The smallest absolute Gasteiger partial charge is 0.199 e. The van der Waals surface area contributed by atoms with Gasteiger partial charge in [-0.25, -0.2) is 4.98 Å². The lowest BCUT2D eigenvalue weighted by Crippen LogP contribution is -1.94. The molecule has 2 heterocycles. The van der Waals surface area contributed by atoms with E-state index in [0.29, 0.717) is 17.1 Å². The molecule has 0 saturated carbocycles. The van der Waals surface area contributed by atoms with Gasteiger partial charge in [0.25, 0.3) is 0 Å². The van der Waals surface area contributed by atoms with Crippen LogP contribution in [0.2, 0.25) is 0 Å². The predicted molar refractivity (Wildman–Crippen MR) is 46.5 cm³/mol. The van der Waals surface area contributed by atoms with Gasteiger partial charge in [-0.2, -0.15) is 5.26 Å². The van der Waals surface area contributed by atoms with Gasteiger partial charge >= 0.3 is 0 Å². The summed E-state index contributed by atoms with van der Waals surface area (Å²) in [6.07, 6.45) is 3.40. The zero-order valence-electron chi connectivity index (χ0n) is 7.06. The van der Waals surface area contributed by atoms with E-state index in [1.165, 1.54) is 0 Å². The Morgan fingerprint density at radius 1 is 1.54 bits per heavy atom. The lowest BCUT2D eigenvalue weighted by Gasteiger charge is -2.03. The Hall–Kier alpha value is -2.02. The second-order valence-corrected chi connectivity index (χ2v) is 2.52. The number of nitriles is 1.